The monoisotopic (exact) mass is 594 g/mol. The maximum absolute atomic E-state index is 12.3. The Kier molecular flexibility index (Phi) is 22.9. The van der Waals surface area contributed by atoms with Gasteiger partial charge in [0.25, 0.3) is 0 Å². The molecule has 1 heterocycles. The predicted octanol–water partition coefficient (Wildman–Crippen LogP) is 4.45. The largest absolute Gasteiger partial charge is 0.457 e. The van der Waals surface area contributed by atoms with Gasteiger partial charge in [-0.2, -0.15) is 0 Å². The van der Waals surface area contributed by atoms with Crippen LogP contribution in [0.4, 0.5) is 0 Å². The first-order valence-corrected chi connectivity index (χ1v) is 15.4. The average Bonchev–Trinajstić information content (AvgIpc) is 2.98. The van der Waals surface area contributed by atoms with Gasteiger partial charge in [0, 0.05) is 6.42 Å². The van der Waals surface area contributed by atoms with Crippen LogP contribution in [0.2, 0.25) is 0 Å². The van der Waals surface area contributed by atoms with Crippen molar-refractivity contribution in [2.24, 2.45) is 0 Å². The predicted molar refractivity (Wildman–Crippen MR) is 164 cm³/mol. The topological polar surface area (TPSA) is 135 Å². The van der Waals surface area contributed by atoms with E-state index in [1.54, 1.807) is 0 Å². The molecule has 9 nitrogen and oxygen atoms in total. The molecule has 0 aliphatic carbocycles. The Labute approximate surface area is 252 Å². The van der Waals surface area contributed by atoms with E-state index in [4.69, 9.17) is 18.9 Å². The summed E-state index contributed by atoms with van der Waals surface area (Å²) in [5, 5.41) is 39.5. The number of hydrogen-bond acceptors (Lipinski definition) is 9. The molecule has 0 aromatic rings. The van der Waals surface area contributed by atoms with Crippen LogP contribution in [-0.4, -0.2) is 89.6 Å². The molecule has 0 bridgehead atoms. The van der Waals surface area contributed by atoms with Gasteiger partial charge < -0.3 is 39.4 Å². The Hall–Kier alpha value is -2.11. The molecule has 0 aromatic carbocycles. The summed E-state index contributed by atoms with van der Waals surface area (Å²) in [5.41, 5.74) is 0. The first-order valence-electron chi connectivity index (χ1n) is 15.4. The molecular weight excluding hydrogens is 540 g/mol. The summed E-state index contributed by atoms with van der Waals surface area (Å²) < 4.78 is 22.2. The van der Waals surface area contributed by atoms with Crippen LogP contribution in [-0.2, 0) is 23.7 Å². The number of aliphatic hydroxyl groups excluding tert-OH is 4. The standard InChI is InChI=1S/C33H54O9/c1-3-5-7-8-9-10-11-12-13-14-15-16-17-18-19-21-23-39-25-27(41-29(35)22-20-6-4-2)26-40-33-32(38)31(37)30(36)28(24-34)42-33/h5,7,9-10,12-13,15-16,18-19,27-28,30-34,36-38H,3-4,6,8,11,14,17,20-26H2,1-2H3/b7-5-,10-9-,13-12-,16-15-,19-18-. The number of hydrogen-bond donors (Lipinski definition) is 4. The first-order chi connectivity index (χ1) is 20.4. The number of ether oxygens (including phenoxy) is 4. The minimum Gasteiger partial charge on any atom is -0.457 e. The highest BCUT2D eigenvalue weighted by Crippen LogP contribution is 2.22. The average molecular weight is 595 g/mol. The van der Waals surface area contributed by atoms with Crippen LogP contribution in [0.25, 0.3) is 0 Å². The molecule has 0 saturated carbocycles. The molecule has 6 atom stereocenters. The molecule has 9 heteroatoms. The number of unbranched alkanes of at least 4 members (excludes halogenated alkanes) is 2. The maximum atomic E-state index is 12.3. The Bertz CT molecular complexity index is 818. The van der Waals surface area contributed by atoms with Gasteiger partial charge in [-0.1, -0.05) is 87.4 Å². The van der Waals surface area contributed by atoms with E-state index in [2.05, 4.69) is 61.6 Å². The summed E-state index contributed by atoms with van der Waals surface area (Å²) in [6, 6.07) is 0. The summed E-state index contributed by atoms with van der Waals surface area (Å²) in [6.45, 7) is 3.99. The third-order valence-corrected chi connectivity index (χ3v) is 6.47. The fourth-order valence-corrected chi connectivity index (χ4v) is 4.02. The van der Waals surface area contributed by atoms with Crippen molar-refractivity contribution in [3.8, 4) is 0 Å². The number of aliphatic hydroxyl groups is 4. The van der Waals surface area contributed by atoms with Crippen LogP contribution < -0.4 is 0 Å². The molecule has 1 aliphatic rings. The summed E-state index contributed by atoms with van der Waals surface area (Å²) in [4.78, 5) is 12.3. The number of carbonyl (C=O) groups excluding carboxylic acids is 1. The molecular formula is C33H54O9. The van der Waals surface area contributed by atoms with Crippen LogP contribution >= 0.6 is 0 Å². The van der Waals surface area contributed by atoms with E-state index < -0.39 is 43.4 Å². The van der Waals surface area contributed by atoms with Crippen LogP contribution in [0, 0.1) is 0 Å². The van der Waals surface area contributed by atoms with E-state index in [0.29, 0.717) is 13.0 Å². The highest BCUT2D eigenvalue weighted by molar-refractivity contribution is 5.69. The smallest absolute Gasteiger partial charge is 0.306 e. The first kappa shape index (κ1) is 37.9. The van der Waals surface area contributed by atoms with E-state index in [0.717, 1.165) is 51.4 Å². The molecule has 4 N–H and O–H groups in total. The third kappa shape index (κ3) is 17.8. The molecule has 1 fully saturated rings. The van der Waals surface area contributed by atoms with Gasteiger partial charge in [-0.15, -0.1) is 0 Å². The quantitative estimate of drug-likeness (QED) is 0.0769. The molecule has 0 spiro atoms. The molecule has 6 unspecified atom stereocenters. The number of carbonyl (C=O) groups is 1. The fourth-order valence-electron chi connectivity index (χ4n) is 4.02. The van der Waals surface area contributed by atoms with E-state index >= 15 is 0 Å². The lowest BCUT2D eigenvalue weighted by Crippen LogP contribution is -2.59. The highest BCUT2D eigenvalue weighted by Gasteiger charge is 2.44. The molecule has 240 valence electrons. The fraction of sp³-hybridized carbons (Fsp3) is 0.667. The Morgan fingerprint density at radius 1 is 0.786 bits per heavy atom. The van der Waals surface area contributed by atoms with Gasteiger partial charge in [0.15, 0.2) is 6.29 Å². The Balaban J connectivity index is 2.36. The second-order valence-electron chi connectivity index (χ2n) is 10.2. The van der Waals surface area contributed by atoms with E-state index in [-0.39, 0.29) is 25.6 Å². The number of rotatable bonds is 23. The second kappa shape index (κ2) is 25.4. The molecule has 1 saturated heterocycles. The molecule has 0 radical (unpaired) electrons. The van der Waals surface area contributed by atoms with Gasteiger partial charge in [-0.3, -0.25) is 4.79 Å². The number of allylic oxidation sites excluding steroid dienone is 9. The summed E-state index contributed by atoms with van der Waals surface area (Å²) in [7, 11) is 0. The summed E-state index contributed by atoms with van der Waals surface area (Å²) in [5.74, 6) is -0.368. The zero-order chi connectivity index (χ0) is 30.8. The van der Waals surface area contributed by atoms with Gasteiger partial charge in [0.2, 0.25) is 0 Å². The minimum absolute atomic E-state index is 0.0850. The van der Waals surface area contributed by atoms with Crippen molar-refractivity contribution in [2.45, 2.75) is 115 Å². The normalized spacial score (nSPS) is 24.2. The van der Waals surface area contributed by atoms with E-state index in [1.165, 1.54) is 0 Å². The molecule has 1 rings (SSSR count). The van der Waals surface area contributed by atoms with Crippen molar-refractivity contribution in [1.29, 1.82) is 0 Å². The van der Waals surface area contributed by atoms with Crippen molar-refractivity contribution >= 4 is 5.97 Å². The zero-order valence-electron chi connectivity index (χ0n) is 25.5. The summed E-state index contributed by atoms with van der Waals surface area (Å²) in [6.07, 6.45) is 22.1. The minimum atomic E-state index is -1.55. The van der Waals surface area contributed by atoms with Crippen molar-refractivity contribution in [3.05, 3.63) is 60.8 Å². The van der Waals surface area contributed by atoms with Crippen molar-refractivity contribution < 1.29 is 44.2 Å². The zero-order valence-corrected chi connectivity index (χ0v) is 25.5. The molecule has 0 amide bonds. The third-order valence-electron chi connectivity index (χ3n) is 6.47. The number of esters is 1. The van der Waals surface area contributed by atoms with Crippen LogP contribution in [0.15, 0.2) is 60.8 Å². The highest BCUT2D eigenvalue weighted by atomic mass is 16.7. The SMILES string of the molecule is CC/C=C\C/C=C\C/C=C\C/C=C\C/C=C\CCOCC(COC1OC(CO)C(O)C(O)C1O)OC(=O)CCCCC. The van der Waals surface area contributed by atoms with Gasteiger partial charge >= 0.3 is 5.97 Å². The van der Waals surface area contributed by atoms with Crippen molar-refractivity contribution in [1.82, 2.24) is 0 Å². The Morgan fingerprint density at radius 2 is 1.38 bits per heavy atom. The Morgan fingerprint density at radius 3 is 1.95 bits per heavy atom. The lowest BCUT2D eigenvalue weighted by Gasteiger charge is -2.39. The van der Waals surface area contributed by atoms with Gasteiger partial charge in [-0.05, 0) is 44.9 Å². The van der Waals surface area contributed by atoms with Crippen molar-refractivity contribution in [3.63, 3.8) is 0 Å². The molecule has 1 aliphatic heterocycles. The summed E-state index contributed by atoms with van der Waals surface area (Å²) >= 11 is 0. The van der Waals surface area contributed by atoms with Gasteiger partial charge in [0.05, 0.1) is 26.4 Å². The van der Waals surface area contributed by atoms with Crippen molar-refractivity contribution in [2.75, 3.05) is 26.4 Å². The lowest BCUT2D eigenvalue weighted by atomic mass is 9.99. The molecule has 0 aromatic heterocycles. The van der Waals surface area contributed by atoms with E-state index in [9.17, 15) is 25.2 Å². The van der Waals surface area contributed by atoms with Crippen LogP contribution in [0.1, 0.15) is 78.1 Å². The van der Waals surface area contributed by atoms with E-state index in [1.807, 2.05) is 13.0 Å². The van der Waals surface area contributed by atoms with Gasteiger partial charge in [-0.25, -0.2) is 0 Å². The van der Waals surface area contributed by atoms with Gasteiger partial charge in [0.1, 0.15) is 30.5 Å². The molecule has 42 heavy (non-hydrogen) atoms. The lowest BCUT2D eigenvalue weighted by molar-refractivity contribution is -0.305. The van der Waals surface area contributed by atoms with Crippen LogP contribution in [0.5, 0.6) is 0 Å². The van der Waals surface area contributed by atoms with Crippen LogP contribution in [0.3, 0.4) is 0 Å². The second-order valence-corrected chi connectivity index (χ2v) is 10.2. The maximum Gasteiger partial charge on any atom is 0.306 e.